The third kappa shape index (κ3) is 4.26. The second-order valence-corrected chi connectivity index (χ2v) is 9.15. The van der Waals surface area contributed by atoms with Crippen LogP contribution in [0, 0.1) is 6.92 Å². The first kappa shape index (κ1) is 22.7. The lowest BCUT2D eigenvalue weighted by Crippen LogP contribution is -2.44. The average Bonchev–Trinajstić information content (AvgIpc) is 3.23. The summed E-state index contributed by atoms with van der Waals surface area (Å²) >= 11 is 0. The van der Waals surface area contributed by atoms with E-state index >= 15 is 0 Å². The van der Waals surface area contributed by atoms with Crippen LogP contribution in [-0.2, 0) is 0 Å². The Balaban J connectivity index is 1.64. The number of fused-ring (bicyclic) bond motifs is 1. The Morgan fingerprint density at radius 2 is 1.54 bits per heavy atom. The number of primary amides is 1. The number of aromatic nitrogens is 1. The molecule has 2 heterocycles. The molecular weight excluding hydrogens is 440 g/mol. The number of amides is 1. The summed E-state index contributed by atoms with van der Waals surface area (Å²) in [4.78, 5) is 28.1. The first-order valence-corrected chi connectivity index (χ1v) is 11.7. The van der Waals surface area contributed by atoms with Gasteiger partial charge in [-0.05, 0) is 73.6 Å². The van der Waals surface area contributed by atoms with Crippen LogP contribution >= 0.6 is 0 Å². The molecule has 0 aliphatic carbocycles. The van der Waals surface area contributed by atoms with Gasteiger partial charge < -0.3 is 25.2 Å². The summed E-state index contributed by atoms with van der Waals surface area (Å²) in [5, 5.41) is 10.5. The van der Waals surface area contributed by atoms with Crippen LogP contribution in [0.1, 0.15) is 26.3 Å². The molecule has 4 aromatic rings. The van der Waals surface area contributed by atoms with Gasteiger partial charge in [0.05, 0.1) is 16.8 Å². The molecule has 1 aliphatic heterocycles. The Bertz CT molecular complexity index is 1430. The van der Waals surface area contributed by atoms with Crippen LogP contribution in [0.15, 0.2) is 66.7 Å². The highest BCUT2D eigenvalue weighted by atomic mass is 16.4. The van der Waals surface area contributed by atoms with Crippen LogP contribution in [-0.4, -0.2) is 59.7 Å². The summed E-state index contributed by atoms with van der Waals surface area (Å²) in [6.07, 6.45) is 0. The van der Waals surface area contributed by atoms with E-state index in [-0.39, 0.29) is 5.56 Å². The molecule has 0 saturated carbocycles. The van der Waals surface area contributed by atoms with Crippen molar-refractivity contribution < 1.29 is 14.7 Å². The Morgan fingerprint density at radius 1 is 0.857 bits per heavy atom. The molecule has 0 spiro atoms. The number of carbonyl (C=O) groups excluding carboxylic acids is 1. The molecule has 0 unspecified atom stereocenters. The van der Waals surface area contributed by atoms with Gasteiger partial charge in [-0.25, -0.2) is 4.79 Å². The highest BCUT2D eigenvalue weighted by Gasteiger charge is 2.18. The molecular formula is C28H28N4O3. The number of anilines is 1. The van der Waals surface area contributed by atoms with E-state index in [1.807, 2.05) is 19.1 Å². The fourth-order valence-corrected chi connectivity index (χ4v) is 4.77. The van der Waals surface area contributed by atoms with Gasteiger partial charge in [0.2, 0.25) is 5.91 Å². The molecule has 0 radical (unpaired) electrons. The zero-order valence-electron chi connectivity index (χ0n) is 19.9. The number of nitrogens with zero attached hydrogens (tertiary/aromatic N) is 3. The van der Waals surface area contributed by atoms with E-state index in [9.17, 15) is 14.7 Å². The van der Waals surface area contributed by atoms with E-state index in [0.29, 0.717) is 5.56 Å². The minimum atomic E-state index is -0.974. The highest BCUT2D eigenvalue weighted by molar-refractivity contribution is 5.97. The second kappa shape index (κ2) is 8.92. The van der Waals surface area contributed by atoms with E-state index in [4.69, 9.17) is 5.73 Å². The molecule has 5 rings (SSSR count). The van der Waals surface area contributed by atoms with Gasteiger partial charge in [-0.1, -0.05) is 18.2 Å². The van der Waals surface area contributed by atoms with Gasteiger partial charge in [0, 0.05) is 48.5 Å². The quantitative estimate of drug-likeness (QED) is 0.459. The number of aromatic carboxylic acids is 1. The Kier molecular flexibility index (Phi) is 5.78. The normalized spacial score (nSPS) is 14.4. The van der Waals surface area contributed by atoms with Crippen LogP contribution in [0.25, 0.3) is 27.8 Å². The van der Waals surface area contributed by atoms with Crippen LogP contribution in [0.2, 0.25) is 0 Å². The fraction of sp³-hybridized carbons (Fsp3) is 0.214. The van der Waals surface area contributed by atoms with E-state index in [1.54, 1.807) is 24.3 Å². The number of rotatable bonds is 5. The number of piperazine rings is 1. The van der Waals surface area contributed by atoms with Crippen LogP contribution in [0.3, 0.4) is 0 Å². The van der Waals surface area contributed by atoms with Gasteiger partial charge in [-0.2, -0.15) is 0 Å². The summed E-state index contributed by atoms with van der Waals surface area (Å²) in [6, 6.07) is 21.1. The SMILES string of the molecule is Cc1cc(C(N)=O)ccc1-n1c(-c2ccc(N3CCN(C)CC3)cc2)cc2ccc(C(=O)O)cc21. The zero-order chi connectivity index (χ0) is 24.7. The lowest BCUT2D eigenvalue weighted by molar-refractivity contribution is 0.0696. The molecule has 3 aromatic carbocycles. The Morgan fingerprint density at radius 3 is 2.17 bits per heavy atom. The van der Waals surface area contributed by atoms with Crippen molar-refractivity contribution in [2.75, 3.05) is 38.1 Å². The predicted octanol–water partition coefficient (Wildman–Crippen LogP) is 4.15. The maximum absolute atomic E-state index is 11.7. The third-order valence-corrected chi connectivity index (χ3v) is 6.81. The number of hydrogen-bond donors (Lipinski definition) is 2. The third-order valence-electron chi connectivity index (χ3n) is 6.81. The van der Waals surface area contributed by atoms with Crippen LogP contribution < -0.4 is 10.6 Å². The number of carboxylic acid groups (broad SMARTS) is 1. The number of benzene rings is 3. The molecule has 1 amide bonds. The van der Waals surface area contributed by atoms with E-state index in [0.717, 1.165) is 59.6 Å². The molecule has 1 aromatic heterocycles. The van der Waals surface area contributed by atoms with E-state index < -0.39 is 11.9 Å². The van der Waals surface area contributed by atoms with Crippen molar-refractivity contribution in [3.05, 3.63) is 83.4 Å². The number of likely N-dealkylation sites (N-methyl/N-ethyl adjacent to an activating group) is 1. The molecule has 3 N–H and O–H groups in total. The molecule has 1 fully saturated rings. The number of carboxylic acids is 1. The Labute approximate surface area is 204 Å². The second-order valence-electron chi connectivity index (χ2n) is 9.15. The van der Waals surface area contributed by atoms with Gasteiger partial charge in [0.15, 0.2) is 0 Å². The van der Waals surface area contributed by atoms with Crippen molar-refractivity contribution in [1.29, 1.82) is 0 Å². The van der Waals surface area contributed by atoms with Crippen molar-refractivity contribution in [2.45, 2.75) is 6.92 Å². The monoisotopic (exact) mass is 468 g/mol. The predicted molar refractivity (Wildman–Crippen MR) is 139 cm³/mol. The number of carbonyl (C=O) groups is 2. The fourth-order valence-electron chi connectivity index (χ4n) is 4.77. The van der Waals surface area contributed by atoms with Gasteiger partial charge in [0.1, 0.15) is 0 Å². The smallest absolute Gasteiger partial charge is 0.335 e. The maximum Gasteiger partial charge on any atom is 0.335 e. The Hall–Kier alpha value is -4.10. The van der Waals surface area contributed by atoms with Crippen molar-refractivity contribution in [3.63, 3.8) is 0 Å². The molecule has 1 aliphatic rings. The van der Waals surface area contributed by atoms with Gasteiger partial charge in [-0.3, -0.25) is 4.79 Å². The standard InChI is InChI=1S/C28H28N4O3/c1-18-15-21(27(29)33)7-10-24(18)32-25(16-20-3-4-22(28(34)35)17-26(20)32)19-5-8-23(9-6-19)31-13-11-30(2)12-14-31/h3-10,15-17H,11-14H2,1-2H3,(H2,29,33)(H,34,35). The van der Waals surface area contributed by atoms with Crippen molar-refractivity contribution in [1.82, 2.24) is 9.47 Å². The minimum Gasteiger partial charge on any atom is -0.478 e. The van der Waals surface area contributed by atoms with Crippen LogP contribution in [0.4, 0.5) is 5.69 Å². The molecule has 1 saturated heterocycles. The number of aryl methyl sites for hydroxylation is 1. The maximum atomic E-state index is 11.7. The molecule has 35 heavy (non-hydrogen) atoms. The molecule has 0 bridgehead atoms. The van der Waals surface area contributed by atoms with Crippen molar-refractivity contribution in [2.24, 2.45) is 5.73 Å². The largest absolute Gasteiger partial charge is 0.478 e. The van der Waals surface area contributed by atoms with Gasteiger partial charge in [-0.15, -0.1) is 0 Å². The summed E-state index contributed by atoms with van der Waals surface area (Å²) in [5.41, 5.74) is 11.8. The van der Waals surface area contributed by atoms with Crippen LogP contribution in [0.5, 0.6) is 0 Å². The first-order valence-electron chi connectivity index (χ1n) is 11.7. The lowest BCUT2D eigenvalue weighted by Gasteiger charge is -2.34. The highest BCUT2D eigenvalue weighted by Crippen LogP contribution is 2.34. The average molecular weight is 469 g/mol. The summed E-state index contributed by atoms with van der Waals surface area (Å²) in [6.45, 7) is 6.01. The van der Waals surface area contributed by atoms with E-state index in [2.05, 4.69) is 51.7 Å². The summed E-state index contributed by atoms with van der Waals surface area (Å²) in [7, 11) is 2.15. The summed E-state index contributed by atoms with van der Waals surface area (Å²) < 4.78 is 2.06. The molecule has 178 valence electrons. The lowest BCUT2D eigenvalue weighted by atomic mass is 10.1. The number of nitrogens with two attached hydrogens (primary N) is 1. The molecule has 7 nitrogen and oxygen atoms in total. The van der Waals surface area contributed by atoms with Gasteiger partial charge >= 0.3 is 5.97 Å². The zero-order valence-corrected chi connectivity index (χ0v) is 19.9. The summed E-state index contributed by atoms with van der Waals surface area (Å²) in [5.74, 6) is -1.46. The number of hydrogen-bond acceptors (Lipinski definition) is 4. The van der Waals surface area contributed by atoms with Gasteiger partial charge in [0.25, 0.3) is 0 Å². The topological polar surface area (TPSA) is 91.8 Å². The minimum absolute atomic E-state index is 0.222. The van der Waals surface area contributed by atoms with E-state index in [1.165, 1.54) is 5.69 Å². The van der Waals surface area contributed by atoms with Crippen molar-refractivity contribution in [3.8, 4) is 16.9 Å². The first-order chi connectivity index (χ1) is 16.8. The van der Waals surface area contributed by atoms with Crippen molar-refractivity contribution >= 4 is 28.5 Å². The molecule has 0 atom stereocenters. The molecule has 7 heteroatoms.